The number of hydrogen-bond donors (Lipinski definition) is 6. The zero-order chi connectivity index (χ0) is 46.6. The van der Waals surface area contributed by atoms with Crippen molar-refractivity contribution in [1.82, 2.24) is 5.32 Å². The van der Waals surface area contributed by atoms with E-state index in [1.54, 1.807) is 6.08 Å². The van der Waals surface area contributed by atoms with E-state index < -0.39 is 49.5 Å². The van der Waals surface area contributed by atoms with Gasteiger partial charge in [-0.05, 0) is 57.8 Å². The summed E-state index contributed by atoms with van der Waals surface area (Å²) in [4.78, 5) is 13.0. The number of rotatable bonds is 44. The first-order valence-electron chi connectivity index (χ1n) is 26.5. The first kappa shape index (κ1) is 59.9. The summed E-state index contributed by atoms with van der Waals surface area (Å²) in [5.74, 6) is -0.179. The van der Waals surface area contributed by atoms with Gasteiger partial charge in [0.2, 0.25) is 5.91 Å². The molecule has 0 aromatic heterocycles. The molecule has 1 saturated heterocycles. The number of aliphatic hydroxyl groups is 5. The van der Waals surface area contributed by atoms with Crippen LogP contribution in [0, 0.1) is 0 Å². The van der Waals surface area contributed by atoms with Gasteiger partial charge in [-0.25, -0.2) is 0 Å². The van der Waals surface area contributed by atoms with Crippen LogP contribution in [-0.4, -0.2) is 87.5 Å². The summed E-state index contributed by atoms with van der Waals surface area (Å²) in [6.07, 6.45) is 53.0. The molecule has 0 bridgehead atoms. The van der Waals surface area contributed by atoms with Gasteiger partial charge in [0.05, 0.1) is 25.4 Å². The Morgan fingerprint density at radius 3 is 1.44 bits per heavy atom. The van der Waals surface area contributed by atoms with Crippen molar-refractivity contribution in [3.63, 3.8) is 0 Å². The number of amides is 1. The van der Waals surface area contributed by atoms with Crippen molar-refractivity contribution in [1.29, 1.82) is 0 Å². The summed E-state index contributed by atoms with van der Waals surface area (Å²) in [7, 11) is 0. The molecule has 1 heterocycles. The normalized spacial score (nSPS) is 20.5. The van der Waals surface area contributed by atoms with Crippen molar-refractivity contribution in [2.24, 2.45) is 0 Å². The smallest absolute Gasteiger partial charge is 0.220 e. The van der Waals surface area contributed by atoms with Gasteiger partial charge in [-0.15, -0.1) is 0 Å². The highest BCUT2D eigenvalue weighted by Gasteiger charge is 2.44. The van der Waals surface area contributed by atoms with Crippen LogP contribution in [0.15, 0.2) is 60.8 Å². The van der Waals surface area contributed by atoms with E-state index in [1.165, 1.54) is 141 Å². The molecule has 1 aliphatic heterocycles. The lowest BCUT2D eigenvalue weighted by atomic mass is 9.99. The maximum absolute atomic E-state index is 13.0. The maximum atomic E-state index is 13.0. The Bertz CT molecular complexity index is 1180. The highest BCUT2D eigenvalue weighted by atomic mass is 16.7. The van der Waals surface area contributed by atoms with Crippen molar-refractivity contribution in [3.8, 4) is 0 Å². The van der Waals surface area contributed by atoms with E-state index >= 15 is 0 Å². The number of hydrogen-bond acceptors (Lipinski definition) is 8. The van der Waals surface area contributed by atoms with E-state index in [0.717, 1.165) is 64.2 Å². The third-order valence-corrected chi connectivity index (χ3v) is 12.3. The monoisotopic (exact) mass is 902 g/mol. The molecule has 6 N–H and O–H groups in total. The van der Waals surface area contributed by atoms with Crippen LogP contribution in [0.25, 0.3) is 0 Å². The minimum Gasteiger partial charge on any atom is -0.394 e. The zero-order valence-electron chi connectivity index (χ0n) is 41.0. The summed E-state index contributed by atoms with van der Waals surface area (Å²) in [6, 6.07) is -0.803. The Morgan fingerprint density at radius 1 is 0.547 bits per heavy atom. The van der Waals surface area contributed by atoms with Crippen LogP contribution in [0.4, 0.5) is 0 Å². The molecule has 0 saturated carbocycles. The molecule has 0 aromatic carbocycles. The molecule has 0 radical (unpaired) electrons. The highest BCUT2D eigenvalue weighted by Crippen LogP contribution is 2.23. The van der Waals surface area contributed by atoms with Gasteiger partial charge in [0.1, 0.15) is 24.4 Å². The van der Waals surface area contributed by atoms with Gasteiger partial charge in [-0.1, -0.05) is 222 Å². The summed E-state index contributed by atoms with van der Waals surface area (Å²) < 4.78 is 11.2. The highest BCUT2D eigenvalue weighted by molar-refractivity contribution is 5.76. The number of nitrogens with one attached hydrogen (secondary N) is 1. The second-order valence-electron chi connectivity index (χ2n) is 18.3. The molecule has 372 valence electrons. The van der Waals surface area contributed by atoms with Gasteiger partial charge in [0.25, 0.3) is 0 Å². The van der Waals surface area contributed by atoms with Crippen molar-refractivity contribution >= 4 is 5.91 Å². The molecule has 1 rings (SSSR count). The molecule has 0 aliphatic carbocycles. The third-order valence-electron chi connectivity index (χ3n) is 12.3. The van der Waals surface area contributed by atoms with E-state index in [0.29, 0.717) is 6.42 Å². The molecule has 64 heavy (non-hydrogen) atoms. The second-order valence-corrected chi connectivity index (χ2v) is 18.3. The number of unbranched alkanes of at least 4 members (excludes halogenated alkanes) is 26. The molecule has 1 amide bonds. The number of ether oxygens (including phenoxy) is 2. The molecular weight excluding hydrogens is 803 g/mol. The summed E-state index contributed by atoms with van der Waals surface area (Å²) in [6.45, 7) is 3.64. The van der Waals surface area contributed by atoms with Crippen molar-refractivity contribution in [2.75, 3.05) is 13.2 Å². The van der Waals surface area contributed by atoms with E-state index in [2.05, 4.69) is 67.8 Å². The van der Waals surface area contributed by atoms with Gasteiger partial charge >= 0.3 is 0 Å². The Hall–Kier alpha value is -2.11. The van der Waals surface area contributed by atoms with Crippen LogP contribution >= 0.6 is 0 Å². The van der Waals surface area contributed by atoms with E-state index in [1.807, 2.05) is 6.08 Å². The molecule has 0 aromatic rings. The van der Waals surface area contributed by atoms with Crippen LogP contribution in [0.1, 0.15) is 226 Å². The Balaban J connectivity index is 2.12. The Labute approximate surface area is 392 Å². The fourth-order valence-corrected chi connectivity index (χ4v) is 8.15. The number of carbonyl (C=O) groups is 1. The molecule has 7 unspecified atom stereocenters. The predicted octanol–water partition coefficient (Wildman–Crippen LogP) is 12.3. The molecule has 7 atom stereocenters. The van der Waals surface area contributed by atoms with Crippen LogP contribution < -0.4 is 5.32 Å². The minimum atomic E-state index is -1.57. The van der Waals surface area contributed by atoms with Crippen molar-refractivity contribution < 1.29 is 39.8 Å². The standard InChI is InChI=1S/C55H99NO8/c1-3-5-7-9-11-13-15-16-17-18-19-20-21-22-23-24-25-26-27-28-29-30-31-32-33-34-35-37-39-41-43-45-51(59)56-48(47-63-55-54(62)53(61)52(60)50(46-57)64-55)49(58)44-42-40-38-36-14-12-10-8-6-4-2/h5,7,11,13,16-17,19-20,42,44,48-50,52-55,57-58,60-62H,3-4,6,8-10,12,14-15,18,21-41,43,45-47H2,1-2H3,(H,56,59)/b7-5-,13-11-,17-16-,20-19-,44-42+. The largest absolute Gasteiger partial charge is 0.394 e. The molecular formula is C55H99NO8. The van der Waals surface area contributed by atoms with Gasteiger partial charge in [-0.2, -0.15) is 0 Å². The van der Waals surface area contributed by atoms with Crippen LogP contribution in [0.2, 0.25) is 0 Å². The lowest BCUT2D eigenvalue weighted by Gasteiger charge is -2.40. The van der Waals surface area contributed by atoms with Crippen LogP contribution in [-0.2, 0) is 14.3 Å². The second kappa shape index (κ2) is 44.7. The molecule has 1 aliphatic rings. The van der Waals surface area contributed by atoms with Gasteiger partial charge < -0.3 is 40.3 Å². The summed E-state index contributed by atoms with van der Waals surface area (Å²) in [5, 5.41) is 54.2. The van der Waals surface area contributed by atoms with Crippen molar-refractivity contribution in [3.05, 3.63) is 60.8 Å². The number of carbonyl (C=O) groups excluding carboxylic acids is 1. The SMILES string of the molecule is CC/C=C\C/C=C\C/C=C\C/C=C\CCCCCCCCCCCCCCCCCCCCC(=O)NC(COC1OC(CO)C(O)C(O)C1O)C(O)/C=C/CCCCCCCCCC. The molecule has 0 spiro atoms. The Morgan fingerprint density at radius 2 is 0.969 bits per heavy atom. The minimum absolute atomic E-state index is 0.179. The number of allylic oxidation sites excluding steroid dienone is 9. The van der Waals surface area contributed by atoms with Crippen LogP contribution in [0.5, 0.6) is 0 Å². The van der Waals surface area contributed by atoms with E-state index in [4.69, 9.17) is 9.47 Å². The van der Waals surface area contributed by atoms with E-state index in [-0.39, 0.29) is 12.5 Å². The summed E-state index contributed by atoms with van der Waals surface area (Å²) in [5.41, 5.74) is 0. The zero-order valence-corrected chi connectivity index (χ0v) is 41.0. The summed E-state index contributed by atoms with van der Waals surface area (Å²) >= 11 is 0. The molecule has 9 heteroatoms. The molecule has 9 nitrogen and oxygen atoms in total. The van der Waals surface area contributed by atoms with Crippen molar-refractivity contribution in [2.45, 2.75) is 269 Å². The maximum Gasteiger partial charge on any atom is 0.220 e. The first-order valence-corrected chi connectivity index (χ1v) is 26.5. The first-order chi connectivity index (χ1) is 31.3. The third kappa shape index (κ3) is 34.2. The number of aliphatic hydroxyl groups excluding tert-OH is 5. The lowest BCUT2D eigenvalue weighted by molar-refractivity contribution is -0.302. The van der Waals surface area contributed by atoms with Gasteiger partial charge in [-0.3, -0.25) is 4.79 Å². The Kier molecular flexibility index (Phi) is 41.9. The molecule has 1 fully saturated rings. The predicted molar refractivity (Wildman–Crippen MR) is 267 cm³/mol. The quantitative estimate of drug-likeness (QED) is 0.0262. The van der Waals surface area contributed by atoms with E-state index in [9.17, 15) is 30.3 Å². The van der Waals surface area contributed by atoms with Gasteiger partial charge in [0.15, 0.2) is 6.29 Å². The average molecular weight is 902 g/mol. The fourth-order valence-electron chi connectivity index (χ4n) is 8.15. The van der Waals surface area contributed by atoms with Crippen LogP contribution in [0.3, 0.4) is 0 Å². The lowest BCUT2D eigenvalue weighted by Crippen LogP contribution is -2.60. The fraction of sp³-hybridized carbons (Fsp3) is 0.800. The topological polar surface area (TPSA) is 149 Å². The van der Waals surface area contributed by atoms with Gasteiger partial charge in [0, 0.05) is 6.42 Å². The average Bonchev–Trinajstić information content (AvgIpc) is 3.29.